The van der Waals surface area contributed by atoms with Gasteiger partial charge in [0.2, 0.25) is 0 Å². The van der Waals surface area contributed by atoms with E-state index < -0.39 is 0 Å². The molecule has 1 aromatic carbocycles. The molecule has 2 aromatic rings. The minimum atomic E-state index is -0.174. The second-order valence-corrected chi connectivity index (χ2v) is 6.50. The molecule has 114 valence electrons. The van der Waals surface area contributed by atoms with Crippen molar-refractivity contribution in [1.82, 2.24) is 9.88 Å². The van der Waals surface area contributed by atoms with Gasteiger partial charge in [0.1, 0.15) is 0 Å². The van der Waals surface area contributed by atoms with Gasteiger partial charge in [0.15, 0.2) is 0 Å². The van der Waals surface area contributed by atoms with Crippen LogP contribution in [-0.4, -0.2) is 22.8 Å². The number of benzene rings is 1. The summed E-state index contributed by atoms with van der Waals surface area (Å²) in [5, 5.41) is 13.0. The molecule has 0 saturated carbocycles. The SMILES string of the molecule is O=c1cc(CO)cc2n1CC1CNCC2(c2ccccc2)C1. The second kappa shape index (κ2) is 5.07. The van der Waals surface area contributed by atoms with Crippen LogP contribution in [-0.2, 0) is 18.6 Å². The number of aromatic nitrogens is 1. The molecule has 4 rings (SSSR count). The average Bonchev–Trinajstić information content (AvgIpc) is 2.57. The third-order valence-corrected chi connectivity index (χ3v) is 5.12. The molecule has 2 unspecified atom stereocenters. The van der Waals surface area contributed by atoms with Gasteiger partial charge in [-0.05, 0) is 36.1 Å². The highest BCUT2D eigenvalue weighted by atomic mass is 16.3. The third-order valence-electron chi connectivity index (χ3n) is 5.12. The summed E-state index contributed by atoms with van der Waals surface area (Å²) in [4.78, 5) is 12.5. The summed E-state index contributed by atoms with van der Waals surface area (Å²) >= 11 is 0. The molecule has 4 heteroatoms. The molecular weight excluding hydrogens is 276 g/mol. The summed E-state index contributed by atoms with van der Waals surface area (Å²) in [6.45, 7) is 2.47. The highest BCUT2D eigenvalue weighted by molar-refractivity contribution is 5.40. The maximum Gasteiger partial charge on any atom is 0.251 e. The molecule has 0 spiro atoms. The number of hydrogen-bond donors (Lipinski definition) is 2. The van der Waals surface area contributed by atoms with Crippen LogP contribution < -0.4 is 10.9 Å². The van der Waals surface area contributed by atoms with Crippen molar-refractivity contribution in [1.29, 1.82) is 0 Å². The Balaban J connectivity index is 1.99. The van der Waals surface area contributed by atoms with Crippen LogP contribution in [0.5, 0.6) is 0 Å². The summed E-state index contributed by atoms with van der Waals surface area (Å²) in [6.07, 6.45) is 1.05. The van der Waals surface area contributed by atoms with Crippen LogP contribution in [0.1, 0.15) is 23.2 Å². The minimum Gasteiger partial charge on any atom is -0.392 e. The normalized spacial score (nSPS) is 26.5. The zero-order chi connectivity index (χ0) is 15.2. The Bertz CT molecular complexity index is 753. The van der Waals surface area contributed by atoms with Crippen LogP contribution in [0, 0.1) is 5.92 Å². The molecular formula is C18H20N2O2. The number of aliphatic hydroxyl groups is 1. The van der Waals surface area contributed by atoms with E-state index in [0.29, 0.717) is 11.5 Å². The summed E-state index contributed by atoms with van der Waals surface area (Å²) in [7, 11) is 0. The van der Waals surface area contributed by atoms with Crippen molar-refractivity contribution >= 4 is 0 Å². The molecule has 2 N–H and O–H groups in total. The van der Waals surface area contributed by atoms with E-state index in [4.69, 9.17) is 0 Å². The standard InChI is InChI=1S/C18H20N2O2/c21-11-13-6-16-18(15-4-2-1-3-5-15)8-14(9-19-12-18)10-20(16)17(22)7-13/h1-7,14,19,21H,8-12H2. The topological polar surface area (TPSA) is 54.3 Å². The van der Waals surface area contributed by atoms with Crippen molar-refractivity contribution in [3.63, 3.8) is 0 Å². The van der Waals surface area contributed by atoms with Crippen LogP contribution in [0.25, 0.3) is 0 Å². The number of rotatable bonds is 2. The van der Waals surface area contributed by atoms with Crippen molar-refractivity contribution in [2.75, 3.05) is 13.1 Å². The van der Waals surface area contributed by atoms with E-state index in [-0.39, 0.29) is 17.6 Å². The summed E-state index contributed by atoms with van der Waals surface area (Å²) in [5.41, 5.74) is 2.82. The van der Waals surface area contributed by atoms with Gasteiger partial charge in [0.05, 0.1) is 6.61 Å². The van der Waals surface area contributed by atoms with Crippen LogP contribution >= 0.6 is 0 Å². The number of nitrogens with one attached hydrogen (secondary N) is 1. The molecule has 0 radical (unpaired) electrons. The van der Waals surface area contributed by atoms with E-state index >= 15 is 0 Å². The van der Waals surface area contributed by atoms with Crippen molar-refractivity contribution < 1.29 is 5.11 Å². The molecule has 2 bridgehead atoms. The van der Waals surface area contributed by atoms with Crippen LogP contribution in [0.2, 0.25) is 0 Å². The number of piperidine rings is 1. The predicted molar refractivity (Wildman–Crippen MR) is 84.8 cm³/mol. The van der Waals surface area contributed by atoms with E-state index in [1.807, 2.05) is 16.7 Å². The Kier molecular flexibility index (Phi) is 3.17. The van der Waals surface area contributed by atoms with Gasteiger partial charge in [-0.15, -0.1) is 0 Å². The first kappa shape index (κ1) is 13.7. The lowest BCUT2D eigenvalue weighted by Gasteiger charge is -2.47. The highest BCUT2D eigenvalue weighted by Crippen LogP contribution is 2.43. The fourth-order valence-corrected chi connectivity index (χ4v) is 4.16. The lowest BCUT2D eigenvalue weighted by Crippen LogP contribution is -2.55. The smallest absolute Gasteiger partial charge is 0.251 e. The van der Waals surface area contributed by atoms with Crippen LogP contribution in [0.15, 0.2) is 47.3 Å². The number of nitrogens with zero attached hydrogens (tertiary/aromatic N) is 1. The van der Waals surface area contributed by atoms with Crippen molar-refractivity contribution in [3.8, 4) is 0 Å². The maximum absolute atomic E-state index is 12.5. The quantitative estimate of drug-likeness (QED) is 0.877. The molecule has 2 atom stereocenters. The van der Waals surface area contributed by atoms with Crippen LogP contribution in [0.4, 0.5) is 0 Å². The first-order valence-corrected chi connectivity index (χ1v) is 7.84. The summed E-state index contributed by atoms with van der Waals surface area (Å²) in [5.74, 6) is 0.471. The number of fused-ring (bicyclic) bond motifs is 4. The average molecular weight is 296 g/mol. The van der Waals surface area contributed by atoms with Gasteiger partial charge in [0, 0.05) is 30.3 Å². The van der Waals surface area contributed by atoms with Gasteiger partial charge in [-0.25, -0.2) is 0 Å². The van der Waals surface area contributed by atoms with E-state index in [9.17, 15) is 9.90 Å². The minimum absolute atomic E-state index is 0.00783. The van der Waals surface area contributed by atoms with E-state index in [1.165, 1.54) is 5.56 Å². The molecule has 3 heterocycles. The third kappa shape index (κ3) is 1.95. The molecule has 0 aliphatic carbocycles. The zero-order valence-electron chi connectivity index (χ0n) is 12.5. The molecule has 1 aromatic heterocycles. The summed E-state index contributed by atoms with van der Waals surface area (Å²) in [6, 6.07) is 14.0. The second-order valence-electron chi connectivity index (χ2n) is 6.50. The lowest BCUT2D eigenvalue weighted by molar-refractivity contribution is 0.201. The van der Waals surface area contributed by atoms with Crippen molar-refractivity contribution in [2.24, 2.45) is 5.92 Å². The number of hydrogen-bond acceptors (Lipinski definition) is 3. The maximum atomic E-state index is 12.5. The zero-order valence-corrected chi connectivity index (χ0v) is 12.5. The molecule has 22 heavy (non-hydrogen) atoms. The fraction of sp³-hybridized carbons (Fsp3) is 0.389. The van der Waals surface area contributed by atoms with Crippen LogP contribution in [0.3, 0.4) is 0 Å². The van der Waals surface area contributed by atoms with Crippen molar-refractivity contribution in [2.45, 2.75) is 25.0 Å². The van der Waals surface area contributed by atoms with Gasteiger partial charge < -0.3 is 15.0 Å². The van der Waals surface area contributed by atoms with Crippen molar-refractivity contribution in [3.05, 3.63) is 69.6 Å². The molecule has 0 amide bonds. The Hall–Kier alpha value is -1.91. The monoisotopic (exact) mass is 296 g/mol. The van der Waals surface area contributed by atoms with Gasteiger partial charge in [-0.2, -0.15) is 0 Å². The first-order chi connectivity index (χ1) is 10.7. The largest absolute Gasteiger partial charge is 0.392 e. The molecule has 2 aliphatic rings. The molecule has 1 fully saturated rings. The summed E-state index contributed by atoms with van der Waals surface area (Å²) < 4.78 is 1.92. The molecule has 1 saturated heterocycles. The fourth-order valence-electron chi connectivity index (χ4n) is 4.16. The first-order valence-electron chi connectivity index (χ1n) is 7.84. The lowest BCUT2D eigenvalue weighted by atomic mass is 9.66. The molecule has 2 aliphatic heterocycles. The van der Waals surface area contributed by atoms with E-state index in [1.54, 1.807) is 6.07 Å². The van der Waals surface area contributed by atoms with Gasteiger partial charge in [-0.1, -0.05) is 30.3 Å². The van der Waals surface area contributed by atoms with Gasteiger partial charge in [-0.3, -0.25) is 4.79 Å². The highest BCUT2D eigenvalue weighted by Gasteiger charge is 2.44. The van der Waals surface area contributed by atoms with E-state index in [0.717, 1.165) is 31.7 Å². The Morgan fingerprint density at radius 3 is 2.86 bits per heavy atom. The Morgan fingerprint density at radius 1 is 1.27 bits per heavy atom. The predicted octanol–water partition coefficient (Wildman–Crippen LogP) is 1.25. The van der Waals surface area contributed by atoms with Gasteiger partial charge >= 0.3 is 0 Å². The number of aliphatic hydroxyl groups excluding tert-OH is 1. The number of pyridine rings is 1. The Morgan fingerprint density at radius 2 is 2.09 bits per heavy atom. The molecule has 4 nitrogen and oxygen atoms in total. The Labute approximate surface area is 129 Å². The van der Waals surface area contributed by atoms with Gasteiger partial charge in [0.25, 0.3) is 5.56 Å². The van der Waals surface area contributed by atoms with E-state index in [2.05, 4.69) is 29.6 Å².